The number of hydrogen-bond donors (Lipinski definition) is 1. The number of carboxylic acid groups (broad SMARTS) is 1. The van der Waals surface area contributed by atoms with E-state index in [1.54, 1.807) is 0 Å². The summed E-state index contributed by atoms with van der Waals surface area (Å²) in [7, 11) is -3.30. The molecule has 112 valence electrons. The number of aliphatic carboxylic acids is 1. The zero-order chi connectivity index (χ0) is 14.7. The predicted octanol–water partition coefficient (Wildman–Crippen LogP) is 0.597. The first kappa shape index (κ1) is 16.4. The van der Waals surface area contributed by atoms with Crippen LogP contribution in [0, 0.1) is 0 Å². The molecule has 0 radical (unpaired) electrons. The van der Waals surface area contributed by atoms with Gasteiger partial charge in [-0.05, 0) is 27.2 Å². The molecule has 1 fully saturated rings. The molecule has 0 saturated carbocycles. The van der Waals surface area contributed by atoms with Crippen LogP contribution < -0.4 is 0 Å². The highest BCUT2D eigenvalue weighted by molar-refractivity contribution is 7.89. The molecule has 0 bridgehead atoms. The van der Waals surface area contributed by atoms with Gasteiger partial charge in [0.1, 0.15) is 0 Å². The average Bonchev–Trinajstić information content (AvgIpc) is 2.27. The highest BCUT2D eigenvalue weighted by Crippen LogP contribution is 2.17. The second-order valence-electron chi connectivity index (χ2n) is 5.87. The van der Waals surface area contributed by atoms with Crippen molar-refractivity contribution < 1.29 is 18.3 Å². The van der Waals surface area contributed by atoms with Crippen LogP contribution in [0.3, 0.4) is 0 Å². The maximum Gasteiger partial charge on any atom is 0.303 e. The molecule has 1 heterocycles. The van der Waals surface area contributed by atoms with E-state index in [0.29, 0.717) is 13.1 Å². The van der Waals surface area contributed by atoms with Gasteiger partial charge in [-0.25, -0.2) is 8.42 Å². The molecule has 7 heteroatoms. The Hall–Kier alpha value is -0.660. The number of piperazine rings is 1. The van der Waals surface area contributed by atoms with E-state index < -0.39 is 16.0 Å². The summed E-state index contributed by atoms with van der Waals surface area (Å²) in [4.78, 5) is 12.7. The normalized spacial score (nSPS) is 19.5. The molecular weight excluding hydrogens is 268 g/mol. The van der Waals surface area contributed by atoms with Gasteiger partial charge in [0, 0.05) is 38.1 Å². The van der Waals surface area contributed by atoms with Crippen LogP contribution in [0.2, 0.25) is 0 Å². The molecule has 0 aliphatic carbocycles. The lowest BCUT2D eigenvalue weighted by Crippen LogP contribution is -2.54. The van der Waals surface area contributed by atoms with Crippen LogP contribution in [0.4, 0.5) is 0 Å². The largest absolute Gasteiger partial charge is 0.481 e. The molecule has 6 nitrogen and oxygen atoms in total. The molecule has 0 atom stereocenters. The SMILES string of the molecule is CC(C)(C)N1CCN(S(=O)(=O)CCCC(=O)O)CC1. The van der Waals surface area contributed by atoms with Crippen molar-refractivity contribution in [3.05, 3.63) is 0 Å². The first-order valence-electron chi connectivity index (χ1n) is 6.57. The molecule has 0 aromatic rings. The minimum atomic E-state index is -3.30. The van der Waals surface area contributed by atoms with Crippen molar-refractivity contribution >= 4 is 16.0 Å². The predicted molar refractivity (Wildman–Crippen MR) is 73.6 cm³/mol. The Bertz CT molecular complexity index is 406. The lowest BCUT2D eigenvalue weighted by molar-refractivity contribution is -0.137. The molecule has 1 saturated heterocycles. The lowest BCUT2D eigenvalue weighted by atomic mass is 10.1. The molecular formula is C12H24N2O4S. The first-order chi connectivity index (χ1) is 8.63. The van der Waals surface area contributed by atoms with Crippen LogP contribution in [-0.4, -0.2) is 66.2 Å². The first-order valence-corrected chi connectivity index (χ1v) is 8.18. The van der Waals surface area contributed by atoms with E-state index >= 15 is 0 Å². The van der Waals surface area contributed by atoms with Crippen molar-refractivity contribution in [3.8, 4) is 0 Å². The maximum atomic E-state index is 12.0. The van der Waals surface area contributed by atoms with Crippen LogP contribution >= 0.6 is 0 Å². The van der Waals surface area contributed by atoms with Gasteiger partial charge in [0.2, 0.25) is 10.0 Å². The monoisotopic (exact) mass is 292 g/mol. The van der Waals surface area contributed by atoms with Crippen molar-refractivity contribution in [2.45, 2.75) is 39.2 Å². The summed E-state index contributed by atoms with van der Waals surface area (Å²) in [5.74, 6) is -1.03. The Labute approximate surface area is 115 Å². The second kappa shape index (κ2) is 6.19. The molecule has 0 amide bonds. The number of carbonyl (C=O) groups is 1. The molecule has 0 spiro atoms. The lowest BCUT2D eigenvalue weighted by Gasteiger charge is -2.41. The quantitative estimate of drug-likeness (QED) is 0.803. The molecule has 0 aromatic heterocycles. The van der Waals surface area contributed by atoms with Gasteiger partial charge in [-0.1, -0.05) is 0 Å². The number of hydrogen-bond acceptors (Lipinski definition) is 4. The number of nitrogens with zero attached hydrogens (tertiary/aromatic N) is 2. The van der Waals surface area contributed by atoms with Gasteiger partial charge in [0.15, 0.2) is 0 Å². The van der Waals surface area contributed by atoms with E-state index in [2.05, 4.69) is 25.7 Å². The summed E-state index contributed by atoms with van der Waals surface area (Å²) < 4.78 is 25.6. The average molecular weight is 292 g/mol. The number of rotatable bonds is 5. The van der Waals surface area contributed by atoms with Gasteiger partial charge in [-0.3, -0.25) is 9.69 Å². The summed E-state index contributed by atoms with van der Waals surface area (Å²) in [5.41, 5.74) is 0.0547. The van der Waals surface area contributed by atoms with Gasteiger partial charge >= 0.3 is 5.97 Å². The molecule has 0 aromatic carbocycles. The van der Waals surface area contributed by atoms with Gasteiger partial charge < -0.3 is 5.11 Å². The van der Waals surface area contributed by atoms with Crippen LogP contribution in [0.25, 0.3) is 0 Å². The van der Waals surface area contributed by atoms with E-state index in [4.69, 9.17) is 5.11 Å². The Balaban J connectivity index is 2.48. The van der Waals surface area contributed by atoms with Gasteiger partial charge in [-0.15, -0.1) is 0 Å². The Morgan fingerprint density at radius 2 is 1.68 bits per heavy atom. The van der Waals surface area contributed by atoms with Crippen LogP contribution in [0.15, 0.2) is 0 Å². The van der Waals surface area contributed by atoms with Crippen LogP contribution in [-0.2, 0) is 14.8 Å². The molecule has 1 N–H and O–H groups in total. The topological polar surface area (TPSA) is 77.9 Å². The minimum absolute atomic E-state index is 0.0547. The highest BCUT2D eigenvalue weighted by Gasteiger charge is 2.30. The molecule has 1 aliphatic heterocycles. The third-order valence-corrected chi connectivity index (χ3v) is 5.33. The summed E-state index contributed by atoms with van der Waals surface area (Å²) in [6.07, 6.45) is 0.0817. The van der Waals surface area contributed by atoms with Crippen molar-refractivity contribution in [1.82, 2.24) is 9.21 Å². The van der Waals surface area contributed by atoms with E-state index in [-0.39, 0.29) is 24.1 Å². The molecule has 1 aliphatic rings. The zero-order valence-corrected chi connectivity index (χ0v) is 12.7. The zero-order valence-electron chi connectivity index (χ0n) is 11.9. The van der Waals surface area contributed by atoms with Crippen molar-refractivity contribution in [2.75, 3.05) is 31.9 Å². The summed E-state index contributed by atoms with van der Waals surface area (Å²) in [6.45, 7) is 8.78. The molecule has 19 heavy (non-hydrogen) atoms. The third-order valence-electron chi connectivity index (χ3n) is 3.37. The van der Waals surface area contributed by atoms with E-state index in [0.717, 1.165) is 13.1 Å². The fourth-order valence-electron chi connectivity index (χ4n) is 2.17. The Kier molecular flexibility index (Phi) is 5.34. The summed E-state index contributed by atoms with van der Waals surface area (Å²) in [6, 6.07) is 0. The minimum Gasteiger partial charge on any atom is -0.481 e. The van der Waals surface area contributed by atoms with Gasteiger partial charge in [-0.2, -0.15) is 4.31 Å². The van der Waals surface area contributed by atoms with Crippen molar-refractivity contribution in [2.24, 2.45) is 0 Å². The molecule has 1 rings (SSSR count). The van der Waals surface area contributed by atoms with Gasteiger partial charge in [0.05, 0.1) is 5.75 Å². The number of carboxylic acids is 1. The highest BCUT2D eigenvalue weighted by atomic mass is 32.2. The second-order valence-corrected chi connectivity index (χ2v) is 7.96. The van der Waals surface area contributed by atoms with E-state index in [1.165, 1.54) is 4.31 Å². The summed E-state index contributed by atoms with van der Waals surface area (Å²) >= 11 is 0. The van der Waals surface area contributed by atoms with Gasteiger partial charge in [0.25, 0.3) is 0 Å². The fraction of sp³-hybridized carbons (Fsp3) is 0.917. The molecule has 0 unspecified atom stereocenters. The standard InChI is InChI=1S/C12H24N2O4S/c1-12(2,3)13-6-8-14(9-7-13)19(17,18)10-4-5-11(15)16/h4-10H2,1-3H3,(H,15,16). The fourth-order valence-corrected chi connectivity index (χ4v) is 3.66. The Morgan fingerprint density at radius 1 is 1.16 bits per heavy atom. The van der Waals surface area contributed by atoms with Crippen molar-refractivity contribution in [3.63, 3.8) is 0 Å². The summed E-state index contributed by atoms with van der Waals surface area (Å²) in [5, 5.41) is 8.53. The van der Waals surface area contributed by atoms with Crippen LogP contribution in [0.5, 0.6) is 0 Å². The van der Waals surface area contributed by atoms with E-state index in [1.807, 2.05) is 0 Å². The van der Waals surface area contributed by atoms with E-state index in [9.17, 15) is 13.2 Å². The third kappa shape index (κ3) is 5.08. The van der Waals surface area contributed by atoms with Crippen LogP contribution in [0.1, 0.15) is 33.6 Å². The Morgan fingerprint density at radius 3 is 2.11 bits per heavy atom. The number of sulfonamides is 1. The van der Waals surface area contributed by atoms with Crippen molar-refractivity contribution in [1.29, 1.82) is 0 Å². The smallest absolute Gasteiger partial charge is 0.303 e. The maximum absolute atomic E-state index is 12.0.